The molecule has 5 heterocycles. The number of nitrogens with one attached hydrogen (secondary N) is 2. The number of hydrogen-bond donors (Lipinski definition) is 2. The quantitative estimate of drug-likeness (QED) is 0.202. The number of benzene rings is 1. The van der Waals surface area contributed by atoms with Crippen LogP contribution in [0.5, 0.6) is 0 Å². The van der Waals surface area contributed by atoms with E-state index in [0.717, 1.165) is 68.2 Å². The van der Waals surface area contributed by atoms with E-state index >= 15 is 0 Å². The molecule has 41 heavy (non-hydrogen) atoms. The average Bonchev–Trinajstić information content (AvgIpc) is 3.18. The Kier molecular flexibility index (Phi) is 8.47. The van der Waals surface area contributed by atoms with Gasteiger partial charge in [-0.1, -0.05) is 25.4 Å². The molecule has 2 bridgehead atoms. The van der Waals surface area contributed by atoms with E-state index in [1.807, 2.05) is 31.2 Å². The van der Waals surface area contributed by atoms with Crippen LogP contribution in [-0.4, -0.2) is 54.6 Å². The van der Waals surface area contributed by atoms with Gasteiger partial charge in [0.25, 0.3) is 0 Å². The van der Waals surface area contributed by atoms with Gasteiger partial charge >= 0.3 is 5.97 Å². The van der Waals surface area contributed by atoms with Crippen LogP contribution in [0.4, 0.5) is 5.69 Å². The maximum absolute atomic E-state index is 12.8. The van der Waals surface area contributed by atoms with Crippen molar-refractivity contribution < 1.29 is 28.8 Å². The third kappa shape index (κ3) is 5.69. The van der Waals surface area contributed by atoms with Crippen molar-refractivity contribution in [2.45, 2.75) is 89.7 Å². The number of hydrogen-bond acceptors (Lipinski definition) is 9. The van der Waals surface area contributed by atoms with Gasteiger partial charge in [-0.15, -0.1) is 0 Å². The molecule has 1 aromatic heterocycles. The van der Waals surface area contributed by atoms with Gasteiger partial charge in [0.2, 0.25) is 12.1 Å². The molecule has 1 aromatic carbocycles. The monoisotopic (exact) mass is 587 g/mol. The normalized spacial score (nSPS) is 36.0. The maximum atomic E-state index is 12.8. The molecule has 4 aliphatic heterocycles. The molecule has 2 aromatic rings. The van der Waals surface area contributed by atoms with E-state index in [0.29, 0.717) is 17.5 Å². The summed E-state index contributed by atoms with van der Waals surface area (Å²) in [5.74, 6) is -0.204. The van der Waals surface area contributed by atoms with Gasteiger partial charge in [-0.25, -0.2) is 9.78 Å². The van der Waals surface area contributed by atoms with E-state index in [1.165, 1.54) is 0 Å². The van der Waals surface area contributed by atoms with Gasteiger partial charge < -0.3 is 24.8 Å². The molecule has 9 nitrogen and oxygen atoms in total. The molecule has 10 heteroatoms. The van der Waals surface area contributed by atoms with Crippen molar-refractivity contribution in [3.63, 3.8) is 0 Å². The number of aromatic nitrogens is 1. The molecule has 0 amide bonds. The molecule has 1 aliphatic carbocycles. The number of ether oxygens (including phenoxy) is 3. The molecule has 5 fully saturated rings. The smallest absolute Gasteiger partial charge is 0.309 e. The molecule has 1 spiro atoms. The third-order valence-corrected chi connectivity index (χ3v) is 9.89. The summed E-state index contributed by atoms with van der Waals surface area (Å²) < 4.78 is 18.6. The zero-order valence-corrected chi connectivity index (χ0v) is 25.0. The maximum Gasteiger partial charge on any atom is 0.309 e. The van der Waals surface area contributed by atoms with E-state index in [4.69, 9.17) is 35.6 Å². The fourth-order valence-electron chi connectivity index (χ4n) is 7.38. The predicted molar refractivity (Wildman–Crippen MR) is 155 cm³/mol. The number of pyridine rings is 1. The topological polar surface area (TPSA) is 100 Å². The van der Waals surface area contributed by atoms with E-state index in [9.17, 15) is 4.79 Å². The number of nitrogens with zero attached hydrogens (tertiary/aromatic N) is 1. The van der Waals surface area contributed by atoms with Crippen LogP contribution in [0.15, 0.2) is 30.5 Å². The molecule has 2 unspecified atom stereocenters. The van der Waals surface area contributed by atoms with Crippen LogP contribution in [0.1, 0.15) is 65.7 Å². The number of rotatable bonds is 10. The van der Waals surface area contributed by atoms with Gasteiger partial charge in [0, 0.05) is 53.6 Å². The summed E-state index contributed by atoms with van der Waals surface area (Å²) >= 11 is 6.09. The Bertz CT molecular complexity index is 1250. The van der Waals surface area contributed by atoms with Gasteiger partial charge in [0.1, 0.15) is 0 Å². The van der Waals surface area contributed by atoms with Gasteiger partial charge in [0.05, 0.1) is 11.9 Å². The Morgan fingerprint density at radius 1 is 1.10 bits per heavy atom. The van der Waals surface area contributed by atoms with Crippen molar-refractivity contribution in [2.75, 3.05) is 25.0 Å². The summed E-state index contributed by atoms with van der Waals surface area (Å²) in [7, 11) is 0. The van der Waals surface area contributed by atoms with Crippen molar-refractivity contribution >= 4 is 34.2 Å². The molecule has 8 atom stereocenters. The fourth-order valence-corrected chi connectivity index (χ4v) is 7.55. The first kappa shape index (κ1) is 29.1. The Morgan fingerprint density at radius 2 is 1.95 bits per heavy atom. The van der Waals surface area contributed by atoms with E-state index in [1.54, 1.807) is 6.20 Å². The molecular formula is C31H42ClN3O6. The molecule has 2 N–H and O–H groups in total. The number of carbonyl (C=O) groups is 1. The van der Waals surface area contributed by atoms with Crippen molar-refractivity contribution in [1.82, 2.24) is 10.3 Å². The molecule has 0 radical (unpaired) electrons. The molecule has 4 saturated heterocycles. The highest BCUT2D eigenvalue weighted by Gasteiger charge is 2.69. The first-order valence-electron chi connectivity index (χ1n) is 15.2. The number of carbonyl (C=O) groups excluding carboxylic acids is 1. The van der Waals surface area contributed by atoms with Crippen LogP contribution in [0.25, 0.3) is 10.9 Å². The minimum Gasteiger partial charge on any atom is -0.435 e. The van der Waals surface area contributed by atoms with Crippen LogP contribution in [0, 0.1) is 23.7 Å². The number of fused-ring (bicyclic) bond motifs is 3. The number of anilines is 1. The minimum absolute atomic E-state index is 0.0187. The van der Waals surface area contributed by atoms with Crippen LogP contribution >= 0.6 is 11.6 Å². The lowest BCUT2D eigenvalue weighted by molar-refractivity contribution is -0.576. The Hall–Kier alpha value is -2.01. The Morgan fingerprint density at radius 3 is 2.83 bits per heavy atom. The lowest BCUT2D eigenvalue weighted by Crippen LogP contribution is -2.70. The number of halogens is 1. The second-order valence-corrected chi connectivity index (χ2v) is 12.9. The van der Waals surface area contributed by atoms with Crippen LogP contribution < -0.4 is 10.6 Å². The minimum atomic E-state index is -0.841. The summed E-state index contributed by atoms with van der Waals surface area (Å²) in [5, 5.41) is 8.60. The number of esters is 1. The number of unbranched alkanes of at least 4 members (excludes halogenated alkanes) is 1. The van der Waals surface area contributed by atoms with Gasteiger partial charge in [0.15, 0.2) is 11.9 Å². The van der Waals surface area contributed by atoms with E-state index in [-0.39, 0.29) is 30.1 Å². The lowest BCUT2D eigenvalue weighted by atomic mass is 9.58. The lowest BCUT2D eigenvalue weighted by Gasteiger charge is -2.59. The van der Waals surface area contributed by atoms with Crippen molar-refractivity contribution in [3.05, 3.63) is 35.5 Å². The first-order chi connectivity index (χ1) is 19.8. The van der Waals surface area contributed by atoms with E-state index in [2.05, 4.69) is 29.5 Å². The van der Waals surface area contributed by atoms with Crippen molar-refractivity contribution in [2.24, 2.45) is 23.7 Å². The highest BCUT2D eigenvalue weighted by Crippen LogP contribution is 2.60. The molecule has 7 rings (SSSR count). The van der Waals surface area contributed by atoms with E-state index < -0.39 is 24.0 Å². The van der Waals surface area contributed by atoms with Crippen LogP contribution in [-0.2, 0) is 28.8 Å². The second-order valence-electron chi connectivity index (χ2n) is 12.4. The molecule has 5 aliphatic rings. The first-order valence-corrected chi connectivity index (χ1v) is 15.6. The van der Waals surface area contributed by atoms with Crippen LogP contribution in [0.2, 0.25) is 5.02 Å². The molecular weight excluding hydrogens is 546 g/mol. The summed E-state index contributed by atoms with van der Waals surface area (Å²) in [6.07, 6.45) is 6.62. The van der Waals surface area contributed by atoms with Crippen molar-refractivity contribution in [1.29, 1.82) is 0 Å². The Balaban J connectivity index is 0.932. The van der Waals surface area contributed by atoms with Gasteiger partial charge in [-0.05, 0) is 81.7 Å². The third-order valence-electron chi connectivity index (χ3n) is 9.65. The standard InChI is InChI=1S/C31H42ClN3O6/c1-19-6-9-24-20(2)28(38-29-31(24)23(19)10-13-30(3,39-29)40-41-31)37-27(36)12-16-33-14-4-5-15-34-25-11-17-35-26-18-21(32)7-8-22(25)26/h7-8,11,17-20,23-24,28-29,33H,4-6,9-10,12-16H2,1-3H3,(H,34,35)/t19-,20-,23+,24+,28+,29?,30+,31?/m1/s1. The van der Waals surface area contributed by atoms with Gasteiger partial charge in [-0.2, -0.15) is 0 Å². The van der Waals surface area contributed by atoms with Crippen molar-refractivity contribution in [3.8, 4) is 0 Å². The average molecular weight is 588 g/mol. The Labute approximate surface area is 246 Å². The molecule has 1 saturated carbocycles. The van der Waals surface area contributed by atoms with Crippen LogP contribution in [0.3, 0.4) is 0 Å². The highest BCUT2D eigenvalue weighted by atomic mass is 35.5. The second kappa shape index (κ2) is 11.9. The zero-order chi connectivity index (χ0) is 28.6. The fraction of sp³-hybridized carbons (Fsp3) is 0.677. The SMILES string of the molecule is C[C@H]1[C@@H](OC(=O)CCNCCCCNc2ccnc3cc(Cl)ccc23)OC2O[C@]3(C)CC[C@H]4[C@H](C)CC[C@@H]1C24OO3. The zero-order valence-electron chi connectivity index (χ0n) is 24.2. The van der Waals surface area contributed by atoms with Gasteiger partial charge in [-0.3, -0.25) is 9.78 Å². The largest absolute Gasteiger partial charge is 0.435 e. The summed E-state index contributed by atoms with van der Waals surface area (Å²) in [4.78, 5) is 29.2. The predicted octanol–water partition coefficient (Wildman–Crippen LogP) is 5.81. The summed E-state index contributed by atoms with van der Waals surface area (Å²) in [6, 6.07) is 7.73. The summed E-state index contributed by atoms with van der Waals surface area (Å²) in [5.41, 5.74) is 1.29. The molecule has 224 valence electrons. The highest BCUT2D eigenvalue weighted by molar-refractivity contribution is 6.31. The summed E-state index contributed by atoms with van der Waals surface area (Å²) in [6.45, 7) is 8.52.